The van der Waals surface area contributed by atoms with Gasteiger partial charge in [0.1, 0.15) is 0 Å². The summed E-state index contributed by atoms with van der Waals surface area (Å²) < 4.78 is 2.98. The Morgan fingerprint density at radius 2 is 1.86 bits per heavy atom. The highest BCUT2D eigenvalue weighted by Gasteiger charge is 2.24. The molecule has 158 valence electrons. The van der Waals surface area contributed by atoms with E-state index in [1.165, 1.54) is 0 Å². The van der Waals surface area contributed by atoms with Gasteiger partial charge in [0.2, 0.25) is 0 Å². The number of hydrogen-bond donors (Lipinski definition) is 0. The molecule has 0 fully saturated rings. The number of carbonyl (C=O) groups is 1. The van der Waals surface area contributed by atoms with E-state index in [9.17, 15) is 4.79 Å². The van der Waals surface area contributed by atoms with E-state index in [0.29, 0.717) is 12.2 Å². The van der Waals surface area contributed by atoms with Crippen LogP contribution in [0.3, 0.4) is 0 Å². The highest BCUT2D eigenvalue weighted by atomic mass is 35.5. The summed E-state index contributed by atoms with van der Waals surface area (Å²) >= 11 is 1.55. The average Bonchev–Trinajstić information content (AvgIpc) is 3.28. The van der Waals surface area contributed by atoms with Crippen LogP contribution in [0.2, 0.25) is 0 Å². The zero-order valence-corrected chi connectivity index (χ0v) is 19.4. The Labute approximate surface area is 182 Å². The number of nitrogens with zero attached hydrogens (tertiary/aromatic N) is 5. The van der Waals surface area contributed by atoms with E-state index >= 15 is 0 Å². The molecule has 8 heteroatoms. The van der Waals surface area contributed by atoms with Crippen LogP contribution < -0.4 is 4.90 Å². The molecule has 3 rings (SSSR count). The second-order valence-electron chi connectivity index (χ2n) is 7.16. The lowest BCUT2D eigenvalue weighted by Crippen LogP contribution is -2.39. The third-order valence-corrected chi connectivity index (χ3v) is 5.98. The van der Waals surface area contributed by atoms with Gasteiger partial charge in [-0.15, -0.1) is 12.4 Å². The van der Waals surface area contributed by atoms with Gasteiger partial charge >= 0.3 is 0 Å². The minimum atomic E-state index is -0.0892. The molecular formula is C21H30ClN5OS. The standard InChI is InChI=1S/C21H29N5OS.ClH/c1-6-24(7-2)12-13-25(21-22-17-10-8-9-11-19(17)28-21)20(27)18-14-16(5)26(23-18)15(3)4;/h8-11,14-15H,6-7,12-13H2,1-5H3;1H. The van der Waals surface area contributed by atoms with Crippen molar-refractivity contribution in [1.29, 1.82) is 0 Å². The molecule has 0 unspecified atom stereocenters. The SMILES string of the molecule is CCN(CC)CCN(C(=O)c1cc(C)n(C(C)C)n1)c1nc2ccccc2s1.Cl. The molecule has 0 saturated heterocycles. The summed E-state index contributed by atoms with van der Waals surface area (Å²) in [6.07, 6.45) is 0. The number of amides is 1. The van der Waals surface area contributed by atoms with Crippen LogP contribution in [0.1, 0.15) is 49.9 Å². The smallest absolute Gasteiger partial charge is 0.280 e. The monoisotopic (exact) mass is 435 g/mol. The largest absolute Gasteiger partial charge is 0.302 e. The molecule has 0 N–H and O–H groups in total. The van der Waals surface area contributed by atoms with Crippen LogP contribution in [0.5, 0.6) is 0 Å². The lowest BCUT2D eigenvalue weighted by molar-refractivity contribution is 0.0978. The van der Waals surface area contributed by atoms with Crippen LogP contribution in [0.4, 0.5) is 5.13 Å². The van der Waals surface area contributed by atoms with Crippen molar-refractivity contribution in [2.24, 2.45) is 0 Å². The lowest BCUT2D eigenvalue weighted by Gasteiger charge is -2.24. The number of rotatable bonds is 8. The minimum Gasteiger partial charge on any atom is -0.302 e. The Balaban J connectivity index is 0.00000300. The van der Waals surface area contributed by atoms with Gasteiger partial charge in [-0.05, 0) is 52.1 Å². The van der Waals surface area contributed by atoms with Crippen LogP contribution in [0, 0.1) is 6.92 Å². The molecule has 0 aliphatic rings. The van der Waals surface area contributed by atoms with Crippen LogP contribution in [0.15, 0.2) is 30.3 Å². The first kappa shape index (κ1) is 23.3. The molecule has 2 aromatic heterocycles. The van der Waals surface area contributed by atoms with E-state index < -0.39 is 0 Å². The van der Waals surface area contributed by atoms with Crippen molar-refractivity contribution in [3.63, 3.8) is 0 Å². The maximum Gasteiger partial charge on any atom is 0.280 e. The fraction of sp³-hybridized carbons (Fsp3) is 0.476. The number of carbonyl (C=O) groups excluding carboxylic acids is 1. The zero-order valence-electron chi connectivity index (χ0n) is 17.8. The van der Waals surface area contributed by atoms with Crippen LogP contribution in [-0.2, 0) is 0 Å². The fourth-order valence-electron chi connectivity index (χ4n) is 3.29. The molecule has 0 radical (unpaired) electrons. The Bertz CT molecular complexity index is 915. The number of anilines is 1. The van der Waals surface area contributed by atoms with E-state index in [1.807, 2.05) is 41.9 Å². The van der Waals surface area contributed by atoms with Crippen molar-refractivity contribution in [1.82, 2.24) is 19.7 Å². The number of halogens is 1. The van der Waals surface area contributed by atoms with Crippen molar-refractivity contribution in [2.75, 3.05) is 31.1 Å². The highest BCUT2D eigenvalue weighted by molar-refractivity contribution is 7.22. The van der Waals surface area contributed by atoms with Gasteiger partial charge in [0.05, 0.1) is 10.2 Å². The molecule has 1 aromatic carbocycles. The maximum atomic E-state index is 13.4. The van der Waals surface area contributed by atoms with Crippen molar-refractivity contribution >= 4 is 45.0 Å². The summed E-state index contributed by atoms with van der Waals surface area (Å²) in [4.78, 5) is 22.2. The van der Waals surface area contributed by atoms with Gasteiger partial charge in [-0.25, -0.2) is 4.98 Å². The van der Waals surface area contributed by atoms with E-state index in [-0.39, 0.29) is 24.4 Å². The first-order valence-electron chi connectivity index (χ1n) is 9.90. The van der Waals surface area contributed by atoms with E-state index in [1.54, 1.807) is 16.2 Å². The second-order valence-corrected chi connectivity index (χ2v) is 8.17. The maximum absolute atomic E-state index is 13.4. The normalized spacial score (nSPS) is 11.3. The first-order valence-corrected chi connectivity index (χ1v) is 10.7. The predicted octanol–water partition coefficient (Wildman–Crippen LogP) is 4.79. The fourth-order valence-corrected chi connectivity index (χ4v) is 4.28. The Morgan fingerprint density at radius 3 is 2.45 bits per heavy atom. The van der Waals surface area contributed by atoms with Crippen molar-refractivity contribution < 1.29 is 4.79 Å². The van der Waals surface area contributed by atoms with E-state index in [2.05, 4.69) is 37.7 Å². The number of fused-ring (bicyclic) bond motifs is 1. The van der Waals surface area contributed by atoms with Gasteiger partial charge in [0.25, 0.3) is 5.91 Å². The van der Waals surface area contributed by atoms with Crippen molar-refractivity contribution in [3.8, 4) is 0 Å². The van der Waals surface area contributed by atoms with Gasteiger partial charge < -0.3 is 4.90 Å². The molecule has 0 aliphatic heterocycles. The molecule has 29 heavy (non-hydrogen) atoms. The zero-order chi connectivity index (χ0) is 20.3. The van der Waals surface area contributed by atoms with E-state index in [4.69, 9.17) is 4.98 Å². The predicted molar refractivity (Wildman–Crippen MR) is 124 cm³/mol. The molecule has 0 spiro atoms. The summed E-state index contributed by atoms with van der Waals surface area (Å²) in [7, 11) is 0. The number of likely N-dealkylation sites (N-methyl/N-ethyl adjacent to an activating group) is 1. The second kappa shape index (κ2) is 10.2. The third kappa shape index (κ3) is 5.15. The van der Waals surface area contributed by atoms with Crippen molar-refractivity contribution in [2.45, 2.75) is 40.7 Å². The number of thiazole rings is 1. The number of hydrogen-bond acceptors (Lipinski definition) is 5. The van der Waals surface area contributed by atoms with E-state index in [0.717, 1.165) is 40.7 Å². The molecule has 0 saturated carbocycles. The molecule has 0 atom stereocenters. The quantitative estimate of drug-likeness (QED) is 0.510. The number of aromatic nitrogens is 3. The highest BCUT2D eigenvalue weighted by Crippen LogP contribution is 2.29. The Morgan fingerprint density at radius 1 is 1.17 bits per heavy atom. The Kier molecular flexibility index (Phi) is 8.19. The lowest BCUT2D eigenvalue weighted by atomic mass is 10.3. The molecule has 0 bridgehead atoms. The number of aryl methyl sites for hydroxylation is 1. The molecule has 1 amide bonds. The first-order chi connectivity index (χ1) is 13.4. The summed E-state index contributed by atoms with van der Waals surface area (Å²) in [6.45, 7) is 13.7. The van der Waals surface area contributed by atoms with Crippen LogP contribution in [-0.4, -0.2) is 51.8 Å². The van der Waals surface area contributed by atoms with Crippen molar-refractivity contribution in [3.05, 3.63) is 41.7 Å². The van der Waals surface area contributed by atoms with Gasteiger partial charge in [0.15, 0.2) is 10.8 Å². The molecule has 0 aliphatic carbocycles. The molecule has 2 heterocycles. The molecular weight excluding hydrogens is 406 g/mol. The Hall–Kier alpha value is -1.96. The summed E-state index contributed by atoms with van der Waals surface area (Å²) in [6, 6.07) is 10.1. The van der Waals surface area contributed by atoms with Gasteiger partial charge in [-0.3, -0.25) is 14.4 Å². The topological polar surface area (TPSA) is 54.3 Å². The molecule has 3 aromatic rings. The average molecular weight is 436 g/mol. The van der Waals surface area contributed by atoms with Gasteiger partial charge in [-0.1, -0.05) is 37.3 Å². The molecule has 6 nitrogen and oxygen atoms in total. The van der Waals surface area contributed by atoms with Gasteiger partial charge in [0, 0.05) is 24.8 Å². The number of para-hydroxylation sites is 1. The summed E-state index contributed by atoms with van der Waals surface area (Å²) in [5.41, 5.74) is 2.39. The number of benzene rings is 1. The van der Waals surface area contributed by atoms with Crippen LogP contribution >= 0.6 is 23.7 Å². The third-order valence-electron chi connectivity index (χ3n) is 4.92. The van der Waals surface area contributed by atoms with Gasteiger partial charge in [-0.2, -0.15) is 5.10 Å². The summed E-state index contributed by atoms with van der Waals surface area (Å²) in [5.74, 6) is -0.0892. The summed E-state index contributed by atoms with van der Waals surface area (Å²) in [5, 5.41) is 5.30. The minimum absolute atomic E-state index is 0. The van der Waals surface area contributed by atoms with Crippen LogP contribution in [0.25, 0.3) is 10.2 Å².